The lowest BCUT2D eigenvalue weighted by molar-refractivity contribution is 0.173. The highest BCUT2D eigenvalue weighted by Crippen LogP contribution is 2.39. The largest absolute Gasteiger partial charge is 0.454 e. The standard InChI is InChI=1S/C15H14BrNO2/c16-13-6-12(7-14-15(13)19-10-18-14)9-17-8-11-4-2-1-3-5-11/h1-7,17H,8-10H2. The van der Waals surface area contributed by atoms with Crippen LogP contribution in [-0.2, 0) is 13.1 Å². The van der Waals surface area contributed by atoms with Crippen LogP contribution in [0.4, 0.5) is 0 Å². The zero-order valence-corrected chi connectivity index (χ0v) is 11.9. The Morgan fingerprint density at radius 1 is 1.00 bits per heavy atom. The number of ether oxygens (including phenoxy) is 2. The topological polar surface area (TPSA) is 30.5 Å². The molecule has 0 unspecified atom stereocenters. The molecular weight excluding hydrogens is 306 g/mol. The molecule has 0 radical (unpaired) electrons. The van der Waals surface area contributed by atoms with E-state index >= 15 is 0 Å². The maximum Gasteiger partial charge on any atom is 0.231 e. The van der Waals surface area contributed by atoms with E-state index in [4.69, 9.17) is 9.47 Å². The summed E-state index contributed by atoms with van der Waals surface area (Å²) in [6, 6.07) is 14.4. The molecule has 3 rings (SSSR count). The third-order valence-electron chi connectivity index (χ3n) is 2.99. The molecular formula is C15H14BrNO2. The summed E-state index contributed by atoms with van der Waals surface area (Å²) in [4.78, 5) is 0. The smallest absolute Gasteiger partial charge is 0.231 e. The molecule has 0 saturated carbocycles. The Morgan fingerprint density at radius 3 is 2.63 bits per heavy atom. The molecule has 0 fully saturated rings. The lowest BCUT2D eigenvalue weighted by atomic mass is 10.2. The van der Waals surface area contributed by atoms with Gasteiger partial charge in [0, 0.05) is 13.1 Å². The number of benzene rings is 2. The molecule has 2 aromatic rings. The molecule has 0 atom stereocenters. The fourth-order valence-electron chi connectivity index (χ4n) is 2.07. The van der Waals surface area contributed by atoms with E-state index in [0.717, 1.165) is 29.1 Å². The average Bonchev–Trinajstić information content (AvgIpc) is 2.89. The first-order chi connectivity index (χ1) is 9.33. The van der Waals surface area contributed by atoms with Crippen molar-refractivity contribution in [3.63, 3.8) is 0 Å². The van der Waals surface area contributed by atoms with Gasteiger partial charge in [-0.1, -0.05) is 30.3 Å². The van der Waals surface area contributed by atoms with Gasteiger partial charge in [0.1, 0.15) is 0 Å². The quantitative estimate of drug-likeness (QED) is 0.936. The summed E-state index contributed by atoms with van der Waals surface area (Å²) < 4.78 is 11.7. The van der Waals surface area contributed by atoms with Crippen molar-refractivity contribution in [1.82, 2.24) is 5.32 Å². The molecule has 1 heterocycles. The minimum Gasteiger partial charge on any atom is -0.454 e. The SMILES string of the molecule is Brc1cc(CNCc2ccccc2)cc2c1OCO2. The van der Waals surface area contributed by atoms with Gasteiger partial charge < -0.3 is 14.8 Å². The van der Waals surface area contributed by atoms with E-state index in [0.29, 0.717) is 6.79 Å². The Bertz CT molecular complexity index is 572. The summed E-state index contributed by atoms with van der Waals surface area (Å²) in [5.41, 5.74) is 2.45. The van der Waals surface area contributed by atoms with Crippen molar-refractivity contribution in [1.29, 1.82) is 0 Å². The number of nitrogens with one attached hydrogen (secondary N) is 1. The lowest BCUT2D eigenvalue weighted by Gasteiger charge is -2.07. The van der Waals surface area contributed by atoms with E-state index in [1.807, 2.05) is 24.3 Å². The van der Waals surface area contributed by atoms with E-state index < -0.39 is 0 Å². The lowest BCUT2D eigenvalue weighted by Crippen LogP contribution is -2.12. The summed E-state index contributed by atoms with van der Waals surface area (Å²) in [5, 5.41) is 3.42. The Morgan fingerprint density at radius 2 is 1.79 bits per heavy atom. The second-order valence-corrected chi connectivity index (χ2v) is 5.25. The van der Waals surface area contributed by atoms with Crippen molar-refractivity contribution >= 4 is 15.9 Å². The van der Waals surface area contributed by atoms with Gasteiger partial charge in [0.2, 0.25) is 6.79 Å². The summed E-state index contributed by atoms with van der Waals surface area (Å²) >= 11 is 3.50. The van der Waals surface area contributed by atoms with Gasteiger partial charge in [0.05, 0.1) is 4.47 Å². The minimum atomic E-state index is 0.300. The third-order valence-corrected chi connectivity index (χ3v) is 3.58. The van der Waals surface area contributed by atoms with Crippen LogP contribution in [0, 0.1) is 0 Å². The summed E-state index contributed by atoms with van der Waals surface area (Å²) in [5.74, 6) is 1.61. The second-order valence-electron chi connectivity index (χ2n) is 4.40. The minimum absolute atomic E-state index is 0.300. The maximum atomic E-state index is 5.40. The Balaban J connectivity index is 1.63. The molecule has 0 bridgehead atoms. The van der Waals surface area contributed by atoms with Crippen LogP contribution in [0.3, 0.4) is 0 Å². The highest BCUT2D eigenvalue weighted by Gasteiger charge is 2.17. The van der Waals surface area contributed by atoms with Crippen LogP contribution in [0.25, 0.3) is 0 Å². The van der Waals surface area contributed by atoms with E-state index in [-0.39, 0.29) is 0 Å². The molecule has 0 spiro atoms. The van der Waals surface area contributed by atoms with Crippen molar-refractivity contribution in [2.45, 2.75) is 13.1 Å². The van der Waals surface area contributed by atoms with Crippen molar-refractivity contribution in [2.75, 3.05) is 6.79 Å². The van der Waals surface area contributed by atoms with E-state index in [1.54, 1.807) is 0 Å². The predicted molar refractivity (Wildman–Crippen MR) is 77.3 cm³/mol. The van der Waals surface area contributed by atoms with Gasteiger partial charge in [-0.3, -0.25) is 0 Å². The predicted octanol–water partition coefficient (Wildman–Crippen LogP) is 3.47. The molecule has 98 valence electrons. The van der Waals surface area contributed by atoms with Crippen LogP contribution in [0.15, 0.2) is 46.9 Å². The van der Waals surface area contributed by atoms with Gasteiger partial charge in [-0.05, 0) is 39.2 Å². The highest BCUT2D eigenvalue weighted by molar-refractivity contribution is 9.10. The Hall–Kier alpha value is -1.52. The van der Waals surface area contributed by atoms with Crippen LogP contribution in [-0.4, -0.2) is 6.79 Å². The molecule has 0 saturated heterocycles. The normalized spacial score (nSPS) is 12.7. The summed E-state index contributed by atoms with van der Waals surface area (Å²) in [6.45, 7) is 1.95. The summed E-state index contributed by atoms with van der Waals surface area (Å²) in [6.07, 6.45) is 0. The number of hydrogen-bond acceptors (Lipinski definition) is 3. The molecule has 0 aliphatic carbocycles. The van der Waals surface area contributed by atoms with Gasteiger partial charge in [0.15, 0.2) is 11.5 Å². The monoisotopic (exact) mass is 319 g/mol. The number of halogens is 1. The van der Waals surface area contributed by atoms with Crippen LogP contribution >= 0.6 is 15.9 Å². The maximum absolute atomic E-state index is 5.40. The fourth-order valence-corrected chi connectivity index (χ4v) is 2.67. The van der Waals surface area contributed by atoms with Gasteiger partial charge >= 0.3 is 0 Å². The van der Waals surface area contributed by atoms with E-state index in [1.165, 1.54) is 11.1 Å². The first-order valence-electron chi connectivity index (χ1n) is 6.15. The first-order valence-corrected chi connectivity index (χ1v) is 6.95. The number of hydrogen-bond donors (Lipinski definition) is 1. The van der Waals surface area contributed by atoms with Crippen molar-refractivity contribution in [3.8, 4) is 11.5 Å². The Kier molecular flexibility index (Phi) is 3.71. The number of rotatable bonds is 4. The van der Waals surface area contributed by atoms with Crippen molar-refractivity contribution in [3.05, 3.63) is 58.1 Å². The third kappa shape index (κ3) is 2.91. The fraction of sp³-hybridized carbons (Fsp3) is 0.200. The number of fused-ring (bicyclic) bond motifs is 1. The van der Waals surface area contributed by atoms with Gasteiger partial charge in [0.25, 0.3) is 0 Å². The van der Waals surface area contributed by atoms with Gasteiger partial charge in [-0.25, -0.2) is 0 Å². The first kappa shape index (κ1) is 12.5. The molecule has 0 aromatic heterocycles. The molecule has 1 aliphatic rings. The Labute approximate surface area is 120 Å². The summed E-state index contributed by atoms with van der Waals surface area (Å²) in [7, 11) is 0. The zero-order valence-electron chi connectivity index (χ0n) is 10.4. The average molecular weight is 320 g/mol. The van der Waals surface area contributed by atoms with Crippen LogP contribution < -0.4 is 14.8 Å². The molecule has 2 aromatic carbocycles. The highest BCUT2D eigenvalue weighted by atomic mass is 79.9. The van der Waals surface area contributed by atoms with Crippen molar-refractivity contribution < 1.29 is 9.47 Å². The van der Waals surface area contributed by atoms with E-state index in [2.05, 4.69) is 39.4 Å². The van der Waals surface area contributed by atoms with Gasteiger partial charge in [-0.15, -0.1) is 0 Å². The molecule has 19 heavy (non-hydrogen) atoms. The van der Waals surface area contributed by atoms with Crippen LogP contribution in [0.5, 0.6) is 11.5 Å². The van der Waals surface area contributed by atoms with Gasteiger partial charge in [-0.2, -0.15) is 0 Å². The van der Waals surface area contributed by atoms with Crippen LogP contribution in [0.1, 0.15) is 11.1 Å². The molecule has 0 amide bonds. The van der Waals surface area contributed by atoms with Crippen molar-refractivity contribution in [2.24, 2.45) is 0 Å². The molecule has 3 nitrogen and oxygen atoms in total. The second kappa shape index (κ2) is 5.63. The molecule has 4 heteroatoms. The van der Waals surface area contributed by atoms with Crippen LogP contribution in [0.2, 0.25) is 0 Å². The molecule has 1 aliphatic heterocycles. The zero-order chi connectivity index (χ0) is 13.1. The van der Waals surface area contributed by atoms with E-state index in [9.17, 15) is 0 Å². The molecule has 1 N–H and O–H groups in total.